The minimum absolute atomic E-state index is 0.0517. The van der Waals surface area contributed by atoms with Crippen LogP contribution < -0.4 is 10.1 Å². The molecule has 5 nitrogen and oxygen atoms in total. The fraction of sp³-hybridized carbons (Fsp3) is 0.588. The van der Waals surface area contributed by atoms with E-state index in [-0.39, 0.29) is 18.4 Å². The first kappa shape index (κ1) is 18.0. The molecule has 1 amide bonds. The normalized spacial score (nSPS) is 20.1. The number of nitrogens with zero attached hydrogens (tertiary/aromatic N) is 1. The van der Waals surface area contributed by atoms with Gasteiger partial charge in [0, 0.05) is 35.8 Å². The highest BCUT2D eigenvalue weighted by atomic mass is 35.5. The van der Waals surface area contributed by atoms with Gasteiger partial charge in [-0.1, -0.05) is 17.7 Å². The number of ether oxygens (including phenoxy) is 2. The van der Waals surface area contributed by atoms with E-state index in [9.17, 15) is 4.79 Å². The Morgan fingerprint density at radius 2 is 2.35 bits per heavy atom. The van der Waals surface area contributed by atoms with Crippen LogP contribution in [0.1, 0.15) is 19.4 Å². The maximum atomic E-state index is 12.2. The number of carbonyl (C=O) groups is 1. The van der Waals surface area contributed by atoms with Crippen LogP contribution in [0.5, 0.6) is 5.75 Å². The minimum Gasteiger partial charge on any atom is -0.496 e. The average molecular weight is 341 g/mol. The van der Waals surface area contributed by atoms with Gasteiger partial charge in [-0.3, -0.25) is 9.69 Å². The topological polar surface area (TPSA) is 50.8 Å². The second kappa shape index (κ2) is 8.52. The van der Waals surface area contributed by atoms with Crippen molar-refractivity contribution in [1.29, 1.82) is 0 Å². The summed E-state index contributed by atoms with van der Waals surface area (Å²) in [4.78, 5) is 14.6. The molecule has 128 valence electrons. The zero-order valence-electron chi connectivity index (χ0n) is 14.0. The Morgan fingerprint density at radius 1 is 1.57 bits per heavy atom. The number of hydrogen-bond acceptors (Lipinski definition) is 4. The molecule has 6 heteroatoms. The summed E-state index contributed by atoms with van der Waals surface area (Å²) in [6.45, 7) is 7.27. The number of carbonyl (C=O) groups excluding carboxylic acids is 1. The van der Waals surface area contributed by atoms with Crippen LogP contribution in [0.3, 0.4) is 0 Å². The largest absolute Gasteiger partial charge is 0.496 e. The lowest BCUT2D eigenvalue weighted by atomic mass is 10.1. The molecule has 23 heavy (non-hydrogen) atoms. The summed E-state index contributed by atoms with van der Waals surface area (Å²) in [5, 5.41) is 3.54. The van der Waals surface area contributed by atoms with Gasteiger partial charge in [-0.25, -0.2) is 0 Å². The van der Waals surface area contributed by atoms with Gasteiger partial charge in [-0.2, -0.15) is 0 Å². The number of nitrogens with one attached hydrogen (secondary N) is 1. The van der Waals surface area contributed by atoms with Crippen LogP contribution >= 0.6 is 11.6 Å². The molecule has 1 aromatic carbocycles. The third-order valence-electron chi connectivity index (χ3n) is 4.21. The van der Waals surface area contributed by atoms with Gasteiger partial charge in [-0.05, 0) is 26.0 Å². The van der Waals surface area contributed by atoms with Crippen molar-refractivity contribution >= 4 is 17.5 Å². The maximum absolute atomic E-state index is 12.2. The van der Waals surface area contributed by atoms with Gasteiger partial charge >= 0.3 is 0 Å². The first-order valence-corrected chi connectivity index (χ1v) is 8.32. The Bertz CT molecular complexity index is 539. The summed E-state index contributed by atoms with van der Waals surface area (Å²) in [6.07, 6.45) is 0.216. The van der Waals surface area contributed by atoms with Gasteiger partial charge in [0.05, 0.1) is 26.7 Å². The molecule has 0 bridgehead atoms. The molecule has 0 aromatic heterocycles. The van der Waals surface area contributed by atoms with Crippen LogP contribution in [0.2, 0.25) is 5.02 Å². The van der Waals surface area contributed by atoms with Gasteiger partial charge in [0.2, 0.25) is 5.91 Å². The zero-order valence-corrected chi connectivity index (χ0v) is 14.7. The van der Waals surface area contributed by atoms with Crippen molar-refractivity contribution in [1.82, 2.24) is 10.2 Å². The monoisotopic (exact) mass is 340 g/mol. The van der Waals surface area contributed by atoms with E-state index in [1.165, 1.54) is 0 Å². The lowest BCUT2D eigenvalue weighted by Gasteiger charge is -2.37. The Balaban J connectivity index is 1.88. The Kier molecular flexibility index (Phi) is 6.69. The molecule has 1 aliphatic heterocycles. The lowest BCUT2D eigenvalue weighted by molar-refractivity contribution is -0.120. The van der Waals surface area contributed by atoms with Crippen molar-refractivity contribution in [3.63, 3.8) is 0 Å². The maximum Gasteiger partial charge on any atom is 0.224 e. The molecule has 0 spiro atoms. The van der Waals surface area contributed by atoms with Crippen LogP contribution in [-0.4, -0.2) is 56.3 Å². The van der Waals surface area contributed by atoms with E-state index in [4.69, 9.17) is 21.1 Å². The number of amides is 1. The molecule has 1 N–H and O–H groups in total. The predicted octanol–water partition coefficient (Wildman–Crippen LogP) is 2.12. The second-order valence-corrected chi connectivity index (χ2v) is 6.32. The quantitative estimate of drug-likeness (QED) is 0.861. The van der Waals surface area contributed by atoms with Crippen molar-refractivity contribution in [2.75, 3.05) is 33.4 Å². The molecule has 0 saturated carbocycles. The van der Waals surface area contributed by atoms with Gasteiger partial charge < -0.3 is 14.8 Å². The Hall–Kier alpha value is -1.30. The Labute approximate surface area is 142 Å². The highest BCUT2D eigenvalue weighted by Gasteiger charge is 2.24. The third kappa shape index (κ3) is 4.83. The van der Waals surface area contributed by atoms with Crippen LogP contribution in [0.25, 0.3) is 0 Å². The number of halogens is 1. The SMILES string of the molecule is COc1cccc(Cl)c1CC(=O)NC[C@@H](C)N1CCOC[C@H]1C. The molecule has 2 rings (SSSR count). The predicted molar refractivity (Wildman–Crippen MR) is 91.2 cm³/mol. The molecule has 0 aliphatic carbocycles. The summed E-state index contributed by atoms with van der Waals surface area (Å²) in [6, 6.07) is 6.03. The number of methoxy groups -OCH3 is 1. The smallest absolute Gasteiger partial charge is 0.224 e. The number of morpholine rings is 1. The van der Waals surface area contributed by atoms with E-state index in [1.807, 2.05) is 12.1 Å². The van der Waals surface area contributed by atoms with Crippen molar-refractivity contribution in [3.05, 3.63) is 28.8 Å². The summed E-state index contributed by atoms with van der Waals surface area (Å²) >= 11 is 6.17. The number of benzene rings is 1. The third-order valence-corrected chi connectivity index (χ3v) is 4.57. The number of rotatable bonds is 6. The molecule has 1 saturated heterocycles. The molecule has 1 aromatic rings. The minimum atomic E-state index is -0.0517. The molecule has 0 radical (unpaired) electrons. The molecule has 1 fully saturated rings. The van der Waals surface area contributed by atoms with E-state index < -0.39 is 0 Å². The highest BCUT2D eigenvalue weighted by molar-refractivity contribution is 6.31. The van der Waals surface area contributed by atoms with Gasteiger partial charge in [-0.15, -0.1) is 0 Å². The lowest BCUT2D eigenvalue weighted by Crippen LogP contribution is -2.52. The van der Waals surface area contributed by atoms with Gasteiger partial charge in [0.25, 0.3) is 0 Å². The van der Waals surface area contributed by atoms with Crippen molar-refractivity contribution in [2.24, 2.45) is 0 Å². The highest BCUT2D eigenvalue weighted by Crippen LogP contribution is 2.26. The summed E-state index contributed by atoms with van der Waals surface area (Å²) in [5.41, 5.74) is 0.724. The fourth-order valence-corrected chi connectivity index (χ4v) is 3.13. The molecular formula is C17H25ClN2O3. The Morgan fingerprint density at radius 3 is 3.04 bits per heavy atom. The van der Waals surface area contributed by atoms with Crippen molar-refractivity contribution in [3.8, 4) is 5.75 Å². The van der Waals surface area contributed by atoms with Crippen LogP contribution in [0.4, 0.5) is 0 Å². The van der Waals surface area contributed by atoms with Crippen LogP contribution in [0, 0.1) is 0 Å². The summed E-state index contributed by atoms with van der Waals surface area (Å²) in [5.74, 6) is 0.590. The molecule has 2 atom stereocenters. The standard InChI is InChI=1S/C17H25ClN2O3/c1-12(20-7-8-23-11-13(20)2)10-19-17(21)9-14-15(18)5-4-6-16(14)22-3/h4-6,12-13H,7-11H2,1-3H3,(H,19,21)/t12-,13-/m1/s1. The van der Waals surface area contributed by atoms with E-state index in [2.05, 4.69) is 24.1 Å². The first-order chi connectivity index (χ1) is 11.0. The second-order valence-electron chi connectivity index (χ2n) is 5.91. The van der Waals surface area contributed by atoms with Crippen molar-refractivity contribution in [2.45, 2.75) is 32.4 Å². The molecule has 1 heterocycles. The molecule has 1 aliphatic rings. The van der Waals surface area contributed by atoms with Crippen LogP contribution in [0.15, 0.2) is 18.2 Å². The van der Waals surface area contributed by atoms with E-state index in [1.54, 1.807) is 13.2 Å². The summed E-state index contributed by atoms with van der Waals surface area (Å²) < 4.78 is 10.7. The van der Waals surface area contributed by atoms with Gasteiger partial charge in [0.15, 0.2) is 0 Å². The molecular weight excluding hydrogens is 316 g/mol. The van der Waals surface area contributed by atoms with E-state index in [0.717, 1.165) is 25.3 Å². The van der Waals surface area contributed by atoms with Crippen LogP contribution in [-0.2, 0) is 16.0 Å². The van der Waals surface area contributed by atoms with E-state index >= 15 is 0 Å². The summed E-state index contributed by atoms with van der Waals surface area (Å²) in [7, 11) is 1.58. The van der Waals surface area contributed by atoms with Gasteiger partial charge in [0.1, 0.15) is 5.75 Å². The fourth-order valence-electron chi connectivity index (χ4n) is 2.90. The van der Waals surface area contributed by atoms with Crippen molar-refractivity contribution < 1.29 is 14.3 Å². The zero-order chi connectivity index (χ0) is 16.8. The van der Waals surface area contributed by atoms with E-state index in [0.29, 0.717) is 23.4 Å². The molecule has 0 unspecified atom stereocenters. The number of hydrogen-bond donors (Lipinski definition) is 1. The first-order valence-electron chi connectivity index (χ1n) is 7.94. The average Bonchev–Trinajstić information content (AvgIpc) is 2.55.